The molecular weight excluding hydrogens is 1740 g/mol. The summed E-state index contributed by atoms with van der Waals surface area (Å²) in [6.45, 7) is 7.36. The number of carbonyl (C=O) groups is 2. The van der Waals surface area contributed by atoms with Gasteiger partial charge in [0.2, 0.25) is 0 Å². The Morgan fingerprint density at radius 2 is 1.11 bits per heavy atom. The number of hydrogen-bond donors (Lipinski definition) is 3. The number of ether oxygens (including phenoxy) is 2. The number of rotatable bonds is 14. The van der Waals surface area contributed by atoms with E-state index in [4.69, 9.17) is 15.2 Å². The number of benzene rings is 6. The van der Waals surface area contributed by atoms with Crippen molar-refractivity contribution in [2.45, 2.75) is 104 Å². The van der Waals surface area contributed by atoms with Crippen LogP contribution in [0.1, 0.15) is 61.0 Å². The lowest BCUT2D eigenvalue weighted by atomic mass is 9.93. The Morgan fingerprint density at radius 3 is 1.62 bits per heavy atom. The first-order valence-corrected chi connectivity index (χ1v) is 33.7. The molecule has 105 heavy (non-hydrogen) atoms. The van der Waals surface area contributed by atoms with Crippen LogP contribution in [-0.4, -0.2) is 115 Å². The van der Waals surface area contributed by atoms with Gasteiger partial charge < -0.3 is 25.4 Å². The van der Waals surface area contributed by atoms with E-state index in [2.05, 4.69) is 99.6 Å². The van der Waals surface area contributed by atoms with Crippen molar-refractivity contribution >= 4 is 137 Å². The monoisotopic (exact) mass is 1790 g/mol. The number of fused-ring (bicyclic) bond motifs is 3. The van der Waals surface area contributed by atoms with E-state index < -0.39 is 149 Å². The molecule has 0 aliphatic heterocycles. The SMILES string of the molecule is CC(C)(C#Cc1cccc(N(CC(F)F)c2nc3nncn3c3ccc(F)cc23)c1F)C(F)(F)F.CC(C)(C)OC(=O)N(CC(F)F)c1cccc(Br)c1F.CC(C)(C)OC(=O)Nc1cccc(Br)c1F.Fc1c(Br)cccc1NCC(F)F.Nc1cccc(Br)c1F.O=S(=O)(OCC(F)F)C(F)(F)F. The van der Waals surface area contributed by atoms with Crippen molar-refractivity contribution in [1.29, 1.82) is 0 Å². The summed E-state index contributed by atoms with van der Waals surface area (Å²) >= 11 is 11.9. The average molecular weight is 1800 g/mol. The van der Waals surface area contributed by atoms with Crippen LogP contribution >= 0.6 is 63.7 Å². The maximum absolute atomic E-state index is 15.5. The van der Waals surface area contributed by atoms with Crippen LogP contribution in [0.25, 0.3) is 16.7 Å². The zero-order valence-corrected chi connectivity index (χ0v) is 62.4. The zero-order valence-electron chi connectivity index (χ0n) is 55.2. The number of halogens is 24. The number of nitrogens with two attached hydrogens (primary N) is 1. The van der Waals surface area contributed by atoms with Gasteiger partial charge in [-0.15, -0.1) is 10.2 Å². The molecule has 0 radical (unpaired) electrons. The van der Waals surface area contributed by atoms with E-state index in [0.29, 0.717) is 19.4 Å². The quantitative estimate of drug-likeness (QED) is 0.0306. The largest absolute Gasteiger partial charge is 0.523 e. The van der Waals surface area contributed by atoms with E-state index in [1.807, 2.05) is 5.92 Å². The summed E-state index contributed by atoms with van der Waals surface area (Å²) < 4.78 is 290. The molecule has 0 bridgehead atoms. The topological polar surface area (TPSA) is 196 Å². The molecule has 576 valence electrons. The van der Waals surface area contributed by atoms with E-state index in [9.17, 15) is 101 Å². The molecule has 2 aromatic heterocycles. The zero-order chi connectivity index (χ0) is 80.1. The Balaban J connectivity index is 0.000000351. The van der Waals surface area contributed by atoms with E-state index in [0.717, 1.165) is 43.0 Å². The highest BCUT2D eigenvalue weighted by molar-refractivity contribution is 9.11. The molecule has 16 nitrogen and oxygen atoms in total. The number of alkyl halides is 14. The molecule has 2 amide bonds. The molecular formula is C64H59Br4F20N9O7S. The molecule has 0 aliphatic carbocycles. The standard InChI is InChI=1S/C23H16F7N5.C13H15BrF3NO2.C11H13BrFNO2.C8H7BrF3N.C6H5BrFN.C3H3F5O3S/c1-22(2,23(28,29)30)9-8-13-4-3-5-17(19(13)27)34(11-18(25)26)20-15-10-14(24)6-7-16(15)35-12-31-33-21(35)32-20;1-13(2,3)20-12(19)18(7-10(15)16)9-6-4-5-8(14)11(9)17;1-11(2,3)16-10(15)14-8-6-4-5-7(12)9(8)13;9-5-2-1-3-6(8(5)12)13-4-7(10)11;7-4-2-1-3-5(9)6(4)8;4-2(5)1-11-12(9,10)3(6,7)8/h3-7,10,12,18H,11H2,1-2H3;4-6,10H,7H2,1-3H3;4-6H,1-3H3,(H,14,15);1-3,7,13H,4H2;1-3H,9H2;2H,1H2. The number of aromatic nitrogens is 4. The fourth-order valence-electron chi connectivity index (χ4n) is 7.29. The van der Waals surface area contributed by atoms with E-state index in [1.54, 1.807) is 71.9 Å². The number of hydrogen-bond acceptors (Lipinski definition) is 13. The van der Waals surface area contributed by atoms with Crippen molar-refractivity contribution in [3.63, 3.8) is 0 Å². The van der Waals surface area contributed by atoms with Gasteiger partial charge in [0.1, 0.15) is 41.2 Å². The number of nitrogens with one attached hydrogen (secondary N) is 2. The third kappa shape index (κ3) is 29.4. The predicted molar refractivity (Wildman–Crippen MR) is 366 cm³/mol. The Bertz CT molecular complexity index is 4390. The van der Waals surface area contributed by atoms with E-state index >= 15 is 4.39 Å². The van der Waals surface area contributed by atoms with Crippen LogP contribution in [-0.2, 0) is 23.8 Å². The molecule has 8 rings (SSSR count). The Morgan fingerprint density at radius 1 is 0.610 bits per heavy atom. The number of amides is 2. The van der Waals surface area contributed by atoms with Crippen molar-refractivity contribution in [1.82, 2.24) is 19.6 Å². The first-order valence-electron chi connectivity index (χ1n) is 29.1. The Hall–Kier alpha value is -7.94. The molecule has 0 saturated heterocycles. The maximum Gasteiger partial charge on any atom is 0.523 e. The molecule has 0 fully saturated rings. The second kappa shape index (κ2) is 39.6. The molecule has 6 aromatic carbocycles. The van der Waals surface area contributed by atoms with Crippen LogP contribution in [0.2, 0.25) is 0 Å². The third-order valence-corrected chi connectivity index (χ3v) is 15.5. The molecule has 0 saturated carbocycles. The summed E-state index contributed by atoms with van der Waals surface area (Å²) in [6.07, 6.45) is -16.6. The number of nitrogen functional groups attached to an aromatic ring is 1. The second-order valence-corrected chi connectivity index (χ2v) is 28.0. The van der Waals surface area contributed by atoms with Gasteiger partial charge >= 0.3 is 34.0 Å². The van der Waals surface area contributed by atoms with Crippen LogP contribution < -0.4 is 26.2 Å². The van der Waals surface area contributed by atoms with Crippen LogP contribution in [0.4, 0.5) is 132 Å². The van der Waals surface area contributed by atoms with E-state index in [1.165, 1.54) is 65.3 Å². The lowest BCUT2D eigenvalue weighted by Gasteiger charge is -2.27. The van der Waals surface area contributed by atoms with Gasteiger partial charge in [-0.05, 0) is 198 Å². The minimum Gasteiger partial charge on any atom is -0.444 e. The third-order valence-electron chi connectivity index (χ3n) is 12.0. The molecule has 0 atom stereocenters. The average Bonchev–Trinajstić information content (AvgIpc) is 1.75. The van der Waals surface area contributed by atoms with Crippen LogP contribution in [0, 0.1) is 52.2 Å². The highest BCUT2D eigenvalue weighted by atomic mass is 79.9. The van der Waals surface area contributed by atoms with Crippen molar-refractivity contribution < 1.29 is 119 Å². The molecule has 0 unspecified atom stereocenters. The van der Waals surface area contributed by atoms with E-state index in [-0.39, 0.29) is 48.7 Å². The van der Waals surface area contributed by atoms with Crippen molar-refractivity contribution in [3.05, 3.63) is 174 Å². The Kier molecular flexibility index (Phi) is 34.4. The summed E-state index contributed by atoms with van der Waals surface area (Å²) in [4.78, 5) is 28.9. The summed E-state index contributed by atoms with van der Waals surface area (Å²) in [5.74, 6) is -0.175. The first-order chi connectivity index (χ1) is 48.3. The van der Waals surface area contributed by atoms with Gasteiger partial charge in [0.25, 0.3) is 31.5 Å². The number of nitrogens with zero attached hydrogens (tertiary/aromatic N) is 6. The maximum atomic E-state index is 15.5. The lowest BCUT2D eigenvalue weighted by Crippen LogP contribution is -2.40. The summed E-state index contributed by atoms with van der Waals surface area (Å²) in [5.41, 5.74) is -4.80. The molecule has 4 N–H and O–H groups in total. The summed E-state index contributed by atoms with van der Waals surface area (Å²) in [7, 11) is -5.87. The predicted octanol–water partition coefficient (Wildman–Crippen LogP) is 21.0. The van der Waals surface area contributed by atoms with Crippen molar-refractivity contribution in [2.75, 3.05) is 52.4 Å². The van der Waals surface area contributed by atoms with Gasteiger partial charge in [0.15, 0.2) is 29.1 Å². The lowest BCUT2D eigenvalue weighted by molar-refractivity contribution is -0.190. The fraction of sp³-hybridized carbons (Fsp3) is 0.328. The molecule has 0 aliphatic rings. The van der Waals surface area contributed by atoms with Crippen LogP contribution in [0.3, 0.4) is 0 Å². The fourth-order valence-corrected chi connectivity index (χ4v) is 9.17. The van der Waals surface area contributed by atoms with Crippen LogP contribution in [0.5, 0.6) is 0 Å². The van der Waals surface area contributed by atoms with Crippen LogP contribution in [0.15, 0.2) is 133 Å². The van der Waals surface area contributed by atoms with Gasteiger partial charge in [0, 0.05) is 5.39 Å². The smallest absolute Gasteiger partial charge is 0.444 e. The molecule has 0 spiro atoms. The van der Waals surface area contributed by atoms with Gasteiger partial charge in [-0.25, -0.2) is 71.1 Å². The normalized spacial score (nSPS) is 11.7. The highest BCUT2D eigenvalue weighted by Gasteiger charge is 2.48. The van der Waals surface area contributed by atoms with Crippen molar-refractivity contribution in [2.24, 2.45) is 5.41 Å². The molecule has 41 heteroatoms. The number of anilines is 6. The van der Waals surface area contributed by atoms with Gasteiger partial charge in [-0.3, -0.25) is 18.8 Å². The second-order valence-electron chi connectivity index (χ2n) is 23.0. The number of carbonyl (C=O) groups excluding carboxylic acids is 2. The van der Waals surface area contributed by atoms with Gasteiger partial charge in [-0.1, -0.05) is 42.2 Å². The van der Waals surface area contributed by atoms with Gasteiger partial charge in [-0.2, -0.15) is 39.7 Å². The summed E-state index contributed by atoms with van der Waals surface area (Å²) in [5, 5.41) is 12.2. The molecule has 2 heterocycles. The minimum atomic E-state index is -5.87. The molecule has 8 aromatic rings. The Labute approximate surface area is 620 Å². The summed E-state index contributed by atoms with van der Waals surface area (Å²) in [6, 6.07) is 25.1. The highest BCUT2D eigenvalue weighted by Crippen LogP contribution is 2.39. The minimum absolute atomic E-state index is 0.0124. The van der Waals surface area contributed by atoms with Gasteiger partial charge in [0.05, 0.1) is 77.0 Å². The van der Waals surface area contributed by atoms with Crippen molar-refractivity contribution in [3.8, 4) is 11.8 Å². The first kappa shape index (κ1) is 91.3.